The average Bonchev–Trinajstić information content (AvgIpc) is 2.56. The van der Waals surface area contributed by atoms with E-state index >= 15 is 0 Å². The Morgan fingerprint density at radius 3 is 2.36 bits per heavy atom. The van der Waals surface area contributed by atoms with Crippen LogP contribution < -0.4 is 14.8 Å². The highest BCUT2D eigenvalue weighted by Crippen LogP contribution is 2.33. The summed E-state index contributed by atoms with van der Waals surface area (Å²) in [5, 5.41) is 2.04. The number of amides is 1. The Morgan fingerprint density at radius 1 is 1.12 bits per heavy atom. The number of alkyl halides is 2. The number of halogens is 4. The Bertz CT molecular complexity index is 773. The molecule has 0 heterocycles. The molecule has 0 fully saturated rings. The highest BCUT2D eigenvalue weighted by Gasteiger charge is 2.14. The van der Waals surface area contributed by atoms with Gasteiger partial charge in [0, 0.05) is 11.6 Å². The van der Waals surface area contributed by atoms with Gasteiger partial charge in [-0.05, 0) is 24.3 Å². The van der Waals surface area contributed by atoms with E-state index in [0.717, 1.165) is 30.4 Å². The maximum Gasteiger partial charge on any atom is 0.387 e. The molecule has 0 saturated heterocycles. The smallest absolute Gasteiger partial charge is 0.387 e. The lowest BCUT2D eigenvalue weighted by atomic mass is 10.1. The van der Waals surface area contributed by atoms with Gasteiger partial charge in [0.1, 0.15) is 17.3 Å². The number of hydrogen-bond acceptors (Lipinski definition) is 3. The highest BCUT2D eigenvalue weighted by atomic mass is 19.3. The van der Waals surface area contributed by atoms with Crippen LogP contribution >= 0.6 is 0 Å². The first-order chi connectivity index (χ1) is 11.9. The SMILES string of the molecule is COc1cccc(C=CC(=O)Nc2c(F)cccc2F)c1OC(F)F. The Kier molecular flexibility index (Phi) is 5.99. The van der Waals surface area contributed by atoms with Crippen LogP contribution in [0.3, 0.4) is 0 Å². The molecule has 0 atom stereocenters. The summed E-state index contributed by atoms with van der Waals surface area (Å²) in [7, 11) is 1.27. The first-order valence-corrected chi connectivity index (χ1v) is 6.97. The Morgan fingerprint density at radius 2 is 1.76 bits per heavy atom. The van der Waals surface area contributed by atoms with Crippen molar-refractivity contribution in [3.8, 4) is 11.5 Å². The van der Waals surface area contributed by atoms with Crippen molar-refractivity contribution in [1.29, 1.82) is 0 Å². The van der Waals surface area contributed by atoms with Crippen molar-refractivity contribution in [3.05, 3.63) is 59.7 Å². The lowest BCUT2D eigenvalue weighted by Crippen LogP contribution is -2.11. The van der Waals surface area contributed by atoms with Crippen LogP contribution in [-0.2, 0) is 4.79 Å². The first-order valence-electron chi connectivity index (χ1n) is 6.97. The topological polar surface area (TPSA) is 47.6 Å². The molecule has 2 aromatic rings. The lowest BCUT2D eigenvalue weighted by molar-refractivity contribution is -0.111. The number of nitrogens with one attached hydrogen (secondary N) is 1. The predicted molar refractivity (Wildman–Crippen MR) is 83.6 cm³/mol. The molecule has 2 rings (SSSR count). The number of carbonyl (C=O) groups excluding carboxylic acids is 1. The van der Waals surface area contributed by atoms with E-state index in [-0.39, 0.29) is 17.1 Å². The van der Waals surface area contributed by atoms with Gasteiger partial charge in [-0.25, -0.2) is 8.78 Å². The fourth-order valence-electron chi connectivity index (χ4n) is 1.99. The van der Waals surface area contributed by atoms with Crippen LogP contribution in [0.15, 0.2) is 42.5 Å². The van der Waals surface area contributed by atoms with Crippen LogP contribution in [0.1, 0.15) is 5.56 Å². The molecule has 4 nitrogen and oxygen atoms in total. The number of hydrogen-bond donors (Lipinski definition) is 1. The van der Waals surface area contributed by atoms with Crippen molar-refractivity contribution in [2.24, 2.45) is 0 Å². The fraction of sp³-hybridized carbons (Fsp3) is 0.118. The summed E-state index contributed by atoms with van der Waals surface area (Å²) >= 11 is 0. The van der Waals surface area contributed by atoms with Gasteiger partial charge in [0.2, 0.25) is 5.91 Å². The van der Waals surface area contributed by atoms with Crippen molar-refractivity contribution in [2.45, 2.75) is 6.61 Å². The third kappa shape index (κ3) is 4.72. The number of para-hydroxylation sites is 2. The molecule has 2 aromatic carbocycles. The van der Waals surface area contributed by atoms with Crippen molar-refractivity contribution < 1.29 is 31.8 Å². The summed E-state index contributed by atoms with van der Waals surface area (Å²) in [6.45, 7) is -3.09. The van der Waals surface area contributed by atoms with Crippen molar-refractivity contribution in [2.75, 3.05) is 12.4 Å². The van der Waals surface area contributed by atoms with Crippen molar-refractivity contribution in [1.82, 2.24) is 0 Å². The predicted octanol–water partition coefficient (Wildman–Crippen LogP) is 4.23. The van der Waals surface area contributed by atoms with Gasteiger partial charge in [-0.15, -0.1) is 0 Å². The molecule has 1 amide bonds. The molecule has 0 bridgehead atoms. The monoisotopic (exact) mass is 355 g/mol. The van der Waals surface area contributed by atoms with Gasteiger partial charge in [0.05, 0.1) is 7.11 Å². The molecule has 1 N–H and O–H groups in total. The Labute approximate surface area is 140 Å². The van der Waals surface area contributed by atoms with Crippen LogP contribution in [0.5, 0.6) is 11.5 Å². The summed E-state index contributed by atoms with van der Waals surface area (Å²) < 4.78 is 61.3. The van der Waals surface area contributed by atoms with Gasteiger partial charge < -0.3 is 14.8 Å². The van der Waals surface area contributed by atoms with Gasteiger partial charge in [-0.3, -0.25) is 4.79 Å². The van der Waals surface area contributed by atoms with Gasteiger partial charge >= 0.3 is 6.61 Å². The molecule has 0 aliphatic heterocycles. The third-order valence-electron chi connectivity index (χ3n) is 3.06. The van der Waals surface area contributed by atoms with Crippen LogP contribution in [0, 0.1) is 11.6 Å². The molecule has 8 heteroatoms. The zero-order valence-corrected chi connectivity index (χ0v) is 12.9. The largest absolute Gasteiger partial charge is 0.493 e. The maximum atomic E-state index is 13.5. The third-order valence-corrected chi connectivity index (χ3v) is 3.06. The molecule has 0 aromatic heterocycles. The van der Waals surface area contributed by atoms with E-state index in [0.29, 0.717) is 0 Å². The van der Waals surface area contributed by atoms with Crippen molar-refractivity contribution in [3.63, 3.8) is 0 Å². The lowest BCUT2D eigenvalue weighted by Gasteiger charge is -2.12. The molecule has 132 valence electrons. The molecule has 25 heavy (non-hydrogen) atoms. The molecule has 0 aliphatic rings. The Hall–Kier alpha value is -3.03. The molecule has 0 radical (unpaired) electrons. The normalized spacial score (nSPS) is 11.0. The molecule has 0 saturated carbocycles. The molecular weight excluding hydrogens is 342 g/mol. The molecule has 0 unspecified atom stereocenters. The van der Waals surface area contributed by atoms with E-state index in [1.165, 1.54) is 25.3 Å². The second kappa shape index (κ2) is 8.18. The van der Waals surface area contributed by atoms with E-state index in [2.05, 4.69) is 4.74 Å². The second-order valence-electron chi connectivity index (χ2n) is 4.68. The Balaban J connectivity index is 2.22. The highest BCUT2D eigenvalue weighted by molar-refractivity contribution is 6.02. The van der Waals surface area contributed by atoms with E-state index < -0.39 is 29.8 Å². The molecule has 0 spiro atoms. The van der Waals surface area contributed by atoms with Gasteiger partial charge in [-0.1, -0.05) is 18.2 Å². The standard InChI is InChI=1S/C17H13F4NO3/c1-24-13-7-2-4-10(16(13)25-17(20)21)8-9-14(23)22-15-11(18)5-3-6-12(15)19/h2-9,17H,1H3,(H,22,23). The maximum absolute atomic E-state index is 13.5. The van der Waals surface area contributed by atoms with Crippen LogP contribution in [0.4, 0.5) is 23.2 Å². The minimum absolute atomic E-state index is 0.0445. The van der Waals surface area contributed by atoms with Crippen molar-refractivity contribution >= 4 is 17.7 Å². The van der Waals surface area contributed by atoms with E-state index in [9.17, 15) is 22.4 Å². The quantitative estimate of drug-likeness (QED) is 0.623. The summed E-state index contributed by atoms with van der Waals surface area (Å²) in [5.41, 5.74) is -0.476. The fourth-order valence-corrected chi connectivity index (χ4v) is 1.99. The van der Waals surface area contributed by atoms with E-state index in [4.69, 9.17) is 4.74 Å². The zero-order valence-electron chi connectivity index (χ0n) is 12.9. The molecule has 0 aliphatic carbocycles. The summed E-state index contributed by atoms with van der Waals surface area (Å²) in [5.74, 6) is -2.95. The minimum atomic E-state index is -3.09. The molecular formula is C17H13F4NO3. The summed E-state index contributed by atoms with van der Waals surface area (Å²) in [6.07, 6.45) is 2.09. The number of methoxy groups -OCH3 is 1. The number of benzene rings is 2. The number of anilines is 1. The first kappa shape index (κ1) is 18.3. The summed E-state index contributed by atoms with van der Waals surface area (Å²) in [4.78, 5) is 11.8. The van der Waals surface area contributed by atoms with Crippen LogP contribution in [-0.4, -0.2) is 19.6 Å². The van der Waals surface area contributed by atoms with Crippen LogP contribution in [0.25, 0.3) is 6.08 Å². The number of rotatable bonds is 6. The number of ether oxygens (including phenoxy) is 2. The summed E-state index contributed by atoms with van der Waals surface area (Å²) in [6, 6.07) is 7.45. The average molecular weight is 355 g/mol. The van der Waals surface area contributed by atoms with Gasteiger partial charge in [0.25, 0.3) is 0 Å². The minimum Gasteiger partial charge on any atom is -0.493 e. The number of carbonyl (C=O) groups is 1. The van der Waals surface area contributed by atoms with Crippen LogP contribution in [0.2, 0.25) is 0 Å². The van der Waals surface area contributed by atoms with Gasteiger partial charge in [0.15, 0.2) is 11.5 Å². The van der Waals surface area contributed by atoms with E-state index in [1.54, 1.807) is 0 Å². The second-order valence-corrected chi connectivity index (χ2v) is 4.68. The van der Waals surface area contributed by atoms with Gasteiger partial charge in [-0.2, -0.15) is 8.78 Å². The zero-order chi connectivity index (χ0) is 18.4. The van der Waals surface area contributed by atoms with E-state index in [1.807, 2.05) is 5.32 Å².